The second-order valence-corrected chi connectivity index (χ2v) is 7.74. The van der Waals surface area contributed by atoms with Gasteiger partial charge >= 0.3 is 18.3 Å². The number of carboxylic acid groups (broad SMARTS) is 1. The second kappa shape index (κ2) is 8.19. The fraction of sp³-hybridized carbons (Fsp3) is 0.167. The molecule has 1 aliphatic carbocycles. The maximum Gasteiger partial charge on any atom is 0.416 e. The molecule has 1 atom stereocenters. The van der Waals surface area contributed by atoms with Crippen LogP contribution in [0.3, 0.4) is 0 Å². The van der Waals surface area contributed by atoms with Gasteiger partial charge in [0.05, 0.1) is 11.1 Å². The Bertz CT molecular complexity index is 1200. The van der Waals surface area contributed by atoms with E-state index in [9.17, 15) is 41.0 Å². The number of hydrogen-bond donors (Lipinski definition) is 2. The van der Waals surface area contributed by atoms with E-state index in [-0.39, 0.29) is 18.2 Å². The molecule has 0 bridgehead atoms. The van der Waals surface area contributed by atoms with Crippen molar-refractivity contribution < 1.29 is 41.0 Å². The normalized spacial score (nSPS) is 14.3. The van der Waals surface area contributed by atoms with Gasteiger partial charge in [0.15, 0.2) is 0 Å². The van der Waals surface area contributed by atoms with Crippen LogP contribution < -0.4 is 5.32 Å². The van der Waals surface area contributed by atoms with Gasteiger partial charge in [-0.3, -0.25) is 4.79 Å². The van der Waals surface area contributed by atoms with Crippen molar-refractivity contribution in [3.63, 3.8) is 0 Å². The van der Waals surface area contributed by atoms with E-state index in [2.05, 4.69) is 5.32 Å². The number of fused-ring (bicyclic) bond motifs is 3. The highest BCUT2D eigenvalue weighted by Gasteiger charge is 2.41. The molecule has 0 aliphatic heterocycles. The van der Waals surface area contributed by atoms with E-state index in [4.69, 9.17) is 0 Å². The lowest BCUT2D eigenvalue weighted by Gasteiger charge is -2.23. The fourth-order valence-corrected chi connectivity index (χ4v) is 4.15. The van der Waals surface area contributed by atoms with Crippen LogP contribution in [0.4, 0.5) is 26.3 Å². The Kier molecular flexibility index (Phi) is 5.63. The largest absolute Gasteiger partial charge is 0.480 e. The summed E-state index contributed by atoms with van der Waals surface area (Å²) in [7, 11) is 0. The van der Waals surface area contributed by atoms with Crippen LogP contribution in [0, 0.1) is 0 Å². The van der Waals surface area contributed by atoms with E-state index in [0.717, 1.165) is 11.1 Å². The summed E-state index contributed by atoms with van der Waals surface area (Å²) in [5, 5.41) is 12.0. The molecule has 0 aromatic heterocycles. The standard InChI is InChI=1S/C24H15F6NO3/c25-23(26,27)13-9-12(10-14(11-13)24(28,29)30)21(32)31-20(22(33)34)19-17-7-3-1-5-15(17)16-6-2-4-8-18(16)19/h1-11,19-20H,(H,31,32)(H,33,34)/t20-/m1/s1. The summed E-state index contributed by atoms with van der Waals surface area (Å²) in [6.45, 7) is 0. The van der Waals surface area contributed by atoms with Gasteiger partial charge in [0.1, 0.15) is 6.04 Å². The topological polar surface area (TPSA) is 66.4 Å². The van der Waals surface area contributed by atoms with Crippen molar-refractivity contribution in [1.82, 2.24) is 5.32 Å². The van der Waals surface area contributed by atoms with Crippen LogP contribution in [-0.2, 0) is 17.1 Å². The Labute approximate surface area is 188 Å². The first kappa shape index (κ1) is 23.3. The van der Waals surface area contributed by atoms with Gasteiger partial charge in [0.25, 0.3) is 5.91 Å². The van der Waals surface area contributed by atoms with Gasteiger partial charge in [-0.2, -0.15) is 26.3 Å². The number of aliphatic carboxylic acids is 1. The van der Waals surface area contributed by atoms with Crippen LogP contribution in [0.25, 0.3) is 11.1 Å². The molecule has 0 fully saturated rings. The minimum atomic E-state index is -5.15. The summed E-state index contributed by atoms with van der Waals surface area (Å²) >= 11 is 0. The van der Waals surface area contributed by atoms with Gasteiger partial charge < -0.3 is 10.4 Å². The number of nitrogens with one attached hydrogen (secondary N) is 1. The van der Waals surface area contributed by atoms with Crippen LogP contribution >= 0.6 is 0 Å². The third kappa shape index (κ3) is 4.23. The highest BCUT2D eigenvalue weighted by Crippen LogP contribution is 2.46. The Morgan fingerprint density at radius 2 is 1.21 bits per heavy atom. The van der Waals surface area contributed by atoms with Crippen molar-refractivity contribution in [2.24, 2.45) is 0 Å². The zero-order chi connectivity index (χ0) is 24.8. The summed E-state index contributed by atoms with van der Waals surface area (Å²) in [5.41, 5.74) is -1.71. The minimum Gasteiger partial charge on any atom is -0.480 e. The summed E-state index contributed by atoms with van der Waals surface area (Å²) in [5.74, 6) is -3.76. The number of carbonyl (C=O) groups excluding carboxylic acids is 1. The number of carboxylic acids is 1. The van der Waals surface area contributed by atoms with Crippen molar-refractivity contribution in [3.05, 3.63) is 94.5 Å². The molecule has 3 aromatic rings. The lowest BCUT2D eigenvalue weighted by molar-refractivity contribution is -0.143. The average molecular weight is 479 g/mol. The van der Waals surface area contributed by atoms with Crippen molar-refractivity contribution >= 4 is 11.9 Å². The predicted molar refractivity (Wildman–Crippen MR) is 109 cm³/mol. The molecule has 3 aromatic carbocycles. The van der Waals surface area contributed by atoms with Gasteiger partial charge in [0.2, 0.25) is 0 Å². The van der Waals surface area contributed by atoms with Crippen LogP contribution in [0.2, 0.25) is 0 Å². The van der Waals surface area contributed by atoms with E-state index in [1.165, 1.54) is 0 Å². The number of amides is 1. The maximum absolute atomic E-state index is 13.2. The van der Waals surface area contributed by atoms with Gasteiger partial charge in [0, 0.05) is 11.5 Å². The zero-order valence-corrected chi connectivity index (χ0v) is 17.0. The lowest BCUT2D eigenvalue weighted by atomic mass is 9.89. The first-order valence-corrected chi connectivity index (χ1v) is 9.89. The third-order valence-corrected chi connectivity index (χ3v) is 5.62. The summed E-state index contributed by atoms with van der Waals surface area (Å²) in [4.78, 5) is 24.9. The zero-order valence-electron chi connectivity index (χ0n) is 17.0. The maximum atomic E-state index is 13.2. The molecule has 176 valence electrons. The van der Waals surface area contributed by atoms with Crippen LogP contribution in [0.5, 0.6) is 0 Å². The number of carbonyl (C=O) groups is 2. The van der Waals surface area contributed by atoms with Gasteiger partial charge in [-0.05, 0) is 40.5 Å². The molecule has 2 N–H and O–H groups in total. The Morgan fingerprint density at radius 3 is 1.62 bits per heavy atom. The van der Waals surface area contributed by atoms with E-state index in [1.54, 1.807) is 48.5 Å². The third-order valence-electron chi connectivity index (χ3n) is 5.62. The molecular formula is C24H15F6NO3. The molecule has 0 unspecified atom stereocenters. The molecule has 0 radical (unpaired) electrons. The summed E-state index contributed by atoms with van der Waals surface area (Å²) < 4.78 is 79.0. The van der Waals surface area contributed by atoms with Crippen molar-refractivity contribution in [2.75, 3.05) is 0 Å². The molecule has 0 saturated heterocycles. The molecule has 34 heavy (non-hydrogen) atoms. The Morgan fingerprint density at radius 1 is 0.765 bits per heavy atom. The van der Waals surface area contributed by atoms with Gasteiger partial charge in [-0.15, -0.1) is 0 Å². The number of alkyl halides is 6. The molecule has 4 nitrogen and oxygen atoms in total. The molecular weight excluding hydrogens is 464 g/mol. The molecule has 1 aliphatic rings. The van der Waals surface area contributed by atoms with Gasteiger partial charge in [-0.25, -0.2) is 4.79 Å². The first-order chi connectivity index (χ1) is 15.9. The lowest BCUT2D eigenvalue weighted by Crippen LogP contribution is -2.45. The number of hydrogen-bond acceptors (Lipinski definition) is 2. The van der Waals surface area contributed by atoms with E-state index in [0.29, 0.717) is 11.1 Å². The monoisotopic (exact) mass is 479 g/mol. The quantitative estimate of drug-likeness (QED) is 0.471. The van der Waals surface area contributed by atoms with Crippen LogP contribution in [0.15, 0.2) is 66.7 Å². The smallest absolute Gasteiger partial charge is 0.416 e. The van der Waals surface area contributed by atoms with Gasteiger partial charge in [-0.1, -0.05) is 48.5 Å². The summed E-state index contributed by atoms with van der Waals surface area (Å²) in [6, 6.07) is 12.4. The highest BCUT2D eigenvalue weighted by molar-refractivity contribution is 5.98. The van der Waals surface area contributed by atoms with Crippen molar-refractivity contribution in [2.45, 2.75) is 24.3 Å². The van der Waals surface area contributed by atoms with E-state index in [1.807, 2.05) is 0 Å². The number of halogens is 6. The van der Waals surface area contributed by atoms with E-state index < -0.39 is 52.9 Å². The van der Waals surface area contributed by atoms with E-state index >= 15 is 0 Å². The minimum absolute atomic E-state index is 0.102. The fourth-order valence-electron chi connectivity index (χ4n) is 4.15. The van der Waals surface area contributed by atoms with Crippen LogP contribution in [0.1, 0.15) is 38.5 Å². The number of benzene rings is 3. The molecule has 0 heterocycles. The number of rotatable bonds is 4. The predicted octanol–water partition coefficient (Wildman–Crippen LogP) is 5.72. The SMILES string of the molecule is O=C(N[C@@H](C(=O)O)C1c2ccccc2-c2ccccc21)c1cc(C(F)(F)F)cc(C(F)(F)F)c1. The molecule has 0 spiro atoms. The Balaban J connectivity index is 1.76. The second-order valence-electron chi connectivity index (χ2n) is 7.74. The van der Waals surface area contributed by atoms with Crippen LogP contribution in [-0.4, -0.2) is 23.0 Å². The summed E-state index contributed by atoms with van der Waals surface area (Å²) in [6.07, 6.45) is -10.3. The molecule has 4 rings (SSSR count). The molecule has 10 heteroatoms. The first-order valence-electron chi connectivity index (χ1n) is 9.89. The van der Waals surface area contributed by atoms with Crippen molar-refractivity contribution in [3.8, 4) is 11.1 Å². The Hall–Kier alpha value is -3.82. The molecule has 1 amide bonds. The highest BCUT2D eigenvalue weighted by atomic mass is 19.4. The average Bonchev–Trinajstić information content (AvgIpc) is 3.10. The molecule has 0 saturated carbocycles. The van der Waals surface area contributed by atoms with Crippen molar-refractivity contribution in [1.29, 1.82) is 0 Å².